The normalized spacial score (nSPS) is 23.1. The maximum atomic E-state index is 12.6. The Kier molecular flexibility index (Phi) is 5.79. The smallest absolute Gasteiger partial charge is 0.241 e. The van der Waals surface area contributed by atoms with Crippen molar-refractivity contribution in [3.63, 3.8) is 0 Å². The maximum Gasteiger partial charge on any atom is 0.241 e. The SMILES string of the molecule is CCC1CCC(NS(=O)(=O)c2ccccc2CNC)CC1. The van der Waals surface area contributed by atoms with E-state index >= 15 is 0 Å². The zero-order chi connectivity index (χ0) is 15.3. The lowest BCUT2D eigenvalue weighted by molar-refractivity contribution is 0.306. The van der Waals surface area contributed by atoms with Crippen molar-refractivity contribution >= 4 is 10.0 Å². The molecule has 1 aliphatic carbocycles. The molecular formula is C16H26N2O2S. The van der Waals surface area contributed by atoms with Crippen molar-refractivity contribution in [3.8, 4) is 0 Å². The molecule has 0 unspecified atom stereocenters. The van der Waals surface area contributed by atoms with Gasteiger partial charge in [0.25, 0.3) is 0 Å². The number of rotatable bonds is 6. The van der Waals surface area contributed by atoms with Crippen LogP contribution in [0.5, 0.6) is 0 Å². The Labute approximate surface area is 128 Å². The minimum absolute atomic E-state index is 0.0837. The van der Waals surface area contributed by atoms with Crippen LogP contribution in [-0.2, 0) is 16.6 Å². The van der Waals surface area contributed by atoms with Crippen molar-refractivity contribution in [1.82, 2.24) is 10.0 Å². The Bertz CT molecular complexity index is 549. The summed E-state index contributed by atoms with van der Waals surface area (Å²) in [5.41, 5.74) is 0.815. The lowest BCUT2D eigenvalue weighted by atomic mass is 9.85. The van der Waals surface area contributed by atoms with Crippen LogP contribution in [-0.4, -0.2) is 21.5 Å². The molecule has 118 valence electrons. The number of benzene rings is 1. The van der Waals surface area contributed by atoms with Gasteiger partial charge in [-0.1, -0.05) is 31.5 Å². The number of hydrogen-bond acceptors (Lipinski definition) is 3. The molecule has 0 spiro atoms. The molecule has 0 bridgehead atoms. The van der Waals surface area contributed by atoms with Crippen LogP contribution in [0.1, 0.15) is 44.6 Å². The zero-order valence-electron chi connectivity index (χ0n) is 12.9. The Morgan fingerprint density at radius 2 is 1.81 bits per heavy atom. The number of hydrogen-bond donors (Lipinski definition) is 2. The predicted molar refractivity (Wildman–Crippen MR) is 85.6 cm³/mol. The van der Waals surface area contributed by atoms with Crippen LogP contribution in [0.25, 0.3) is 0 Å². The summed E-state index contributed by atoms with van der Waals surface area (Å²) in [6.45, 7) is 2.77. The molecule has 21 heavy (non-hydrogen) atoms. The summed E-state index contributed by atoms with van der Waals surface area (Å²) in [5, 5.41) is 3.02. The van der Waals surface area contributed by atoms with Gasteiger partial charge in [-0.05, 0) is 50.3 Å². The summed E-state index contributed by atoms with van der Waals surface area (Å²) in [4.78, 5) is 0.400. The lowest BCUT2D eigenvalue weighted by Crippen LogP contribution is -2.38. The van der Waals surface area contributed by atoms with Crippen molar-refractivity contribution < 1.29 is 8.42 Å². The van der Waals surface area contributed by atoms with Gasteiger partial charge >= 0.3 is 0 Å². The maximum absolute atomic E-state index is 12.6. The molecule has 0 radical (unpaired) electrons. The van der Waals surface area contributed by atoms with Gasteiger partial charge in [0.2, 0.25) is 10.0 Å². The van der Waals surface area contributed by atoms with Crippen molar-refractivity contribution in [2.75, 3.05) is 7.05 Å². The van der Waals surface area contributed by atoms with Crippen LogP contribution >= 0.6 is 0 Å². The van der Waals surface area contributed by atoms with Gasteiger partial charge in [-0.2, -0.15) is 0 Å². The Hall–Kier alpha value is -0.910. The molecule has 5 heteroatoms. The van der Waals surface area contributed by atoms with Gasteiger partial charge in [0.15, 0.2) is 0 Å². The first kappa shape index (κ1) is 16.5. The highest BCUT2D eigenvalue weighted by Crippen LogP contribution is 2.27. The first-order chi connectivity index (χ1) is 10.1. The van der Waals surface area contributed by atoms with Crippen molar-refractivity contribution in [3.05, 3.63) is 29.8 Å². The average Bonchev–Trinajstić information content (AvgIpc) is 2.48. The van der Waals surface area contributed by atoms with Crippen LogP contribution in [0.3, 0.4) is 0 Å². The molecule has 1 aromatic rings. The second-order valence-electron chi connectivity index (χ2n) is 5.89. The summed E-state index contributed by atoms with van der Waals surface area (Å²) >= 11 is 0. The molecule has 1 fully saturated rings. The minimum atomic E-state index is -3.43. The van der Waals surface area contributed by atoms with Crippen LogP contribution in [0, 0.1) is 5.92 Å². The molecule has 1 aromatic carbocycles. The fraction of sp³-hybridized carbons (Fsp3) is 0.625. The second kappa shape index (κ2) is 7.38. The first-order valence-corrected chi connectivity index (χ1v) is 9.30. The van der Waals surface area contributed by atoms with Gasteiger partial charge in [-0.15, -0.1) is 0 Å². The molecule has 0 saturated heterocycles. The fourth-order valence-electron chi connectivity index (χ4n) is 3.07. The van der Waals surface area contributed by atoms with E-state index in [0.717, 1.165) is 37.2 Å². The van der Waals surface area contributed by atoms with E-state index in [4.69, 9.17) is 0 Å². The molecule has 0 aliphatic heterocycles. The standard InChI is InChI=1S/C16H26N2O2S/c1-3-13-8-10-15(11-9-13)18-21(19,20)16-7-5-4-6-14(16)12-17-2/h4-7,13,15,17-18H,3,8-12H2,1-2H3. The Morgan fingerprint density at radius 3 is 2.43 bits per heavy atom. The first-order valence-electron chi connectivity index (χ1n) is 7.81. The molecule has 1 saturated carbocycles. The molecule has 0 aromatic heterocycles. The third-order valence-electron chi connectivity index (χ3n) is 4.38. The second-order valence-corrected chi connectivity index (χ2v) is 7.57. The van der Waals surface area contributed by atoms with Crippen LogP contribution in [0.4, 0.5) is 0 Å². The summed E-state index contributed by atoms with van der Waals surface area (Å²) in [7, 11) is -1.60. The largest absolute Gasteiger partial charge is 0.316 e. The van der Waals surface area contributed by atoms with Crippen molar-refractivity contribution in [2.24, 2.45) is 5.92 Å². The highest BCUT2D eigenvalue weighted by Gasteiger charge is 2.26. The highest BCUT2D eigenvalue weighted by molar-refractivity contribution is 7.89. The van der Waals surface area contributed by atoms with E-state index in [1.54, 1.807) is 12.1 Å². The Balaban J connectivity index is 2.09. The topological polar surface area (TPSA) is 58.2 Å². The van der Waals surface area contributed by atoms with Crippen LogP contribution in [0.15, 0.2) is 29.2 Å². The third kappa shape index (κ3) is 4.28. The number of sulfonamides is 1. The van der Waals surface area contributed by atoms with Crippen molar-refractivity contribution in [1.29, 1.82) is 0 Å². The van der Waals surface area contributed by atoms with E-state index in [-0.39, 0.29) is 6.04 Å². The third-order valence-corrected chi connectivity index (χ3v) is 6.00. The molecule has 0 heterocycles. The number of nitrogens with one attached hydrogen (secondary N) is 2. The average molecular weight is 310 g/mol. The molecule has 1 aliphatic rings. The van der Waals surface area contributed by atoms with E-state index in [1.165, 1.54) is 6.42 Å². The van der Waals surface area contributed by atoms with E-state index < -0.39 is 10.0 Å². The van der Waals surface area contributed by atoms with Crippen LogP contribution in [0.2, 0.25) is 0 Å². The molecule has 0 atom stereocenters. The van der Waals surface area contributed by atoms with Gasteiger partial charge in [0.05, 0.1) is 4.90 Å². The molecule has 2 rings (SSSR count). The molecule has 2 N–H and O–H groups in total. The Morgan fingerprint density at radius 1 is 1.14 bits per heavy atom. The van der Waals surface area contributed by atoms with Gasteiger partial charge in [-0.3, -0.25) is 0 Å². The monoisotopic (exact) mass is 310 g/mol. The van der Waals surface area contributed by atoms with E-state index in [9.17, 15) is 8.42 Å². The van der Waals surface area contributed by atoms with E-state index in [0.29, 0.717) is 11.4 Å². The lowest BCUT2D eigenvalue weighted by Gasteiger charge is -2.28. The van der Waals surface area contributed by atoms with Gasteiger partial charge < -0.3 is 5.32 Å². The zero-order valence-corrected chi connectivity index (χ0v) is 13.7. The quantitative estimate of drug-likeness (QED) is 0.849. The van der Waals surface area contributed by atoms with Gasteiger partial charge in [-0.25, -0.2) is 13.1 Å². The summed E-state index contributed by atoms with van der Waals surface area (Å²) in [5.74, 6) is 0.766. The van der Waals surface area contributed by atoms with Gasteiger partial charge in [0.1, 0.15) is 0 Å². The summed E-state index contributed by atoms with van der Waals surface area (Å²) < 4.78 is 28.1. The highest BCUT2D eigenvalue weighted by atomic mass is 32.2. The summed E-state index contributed by atoms with van der Waals surface area (Å²) in [6.07, 6.45) is 5.35. The fourth-order valence-corrected chi connectivity index (χ4v) is 4.62. The molecular weight excluding hydrogens is 284 g/mol. The molecule has 4 nitrogen and oxygen atoms in total. The minimum Gasteiger partial charge on any atom is -0.316 e. The van der Waals surface area contributed by atoms with E-state index in [1.807, 2.05) is 19.2 Å². The summed E-state index contributed by atoms with van der Waals surface area (Å²) in [6, 6.07) is 7.28. The molecule has 0 amide bonds. The predicted octanol–water partition coefficient (Wildman–Crippen LogP) is 2.65. The van der Waals surface area contributed by atoms with Crippen LogP contribution < -0.4 is 10.0 Å². The van der Waals surface area contributed by atoms with Crippen molar-refractivity contribution in [2.45, 2.75) is 56.5 Å². The van der Waals surface area contributed by atoms with E-state index in [2.05, 4.69) is 17.0 Å². The van der Waals surface area contributed by atoms with Gasteiger partial charge in [0, 0.05) is 12.6 Å².